The van der Waals surface area contributed by atoms with Gasteiger partial charge in [-0.3, -0.25) is 9.59 Å². The highest BCUT2D eigenvalue weighted by Crippen LogP contribution is 2.53. The van der Waals surface area contributed by atoms with Crippen LogP contribution < -0.4 is 4.74 Å². The van der Waals surface area contributed by atoms with Gasteiger partial charge in [0.25, 0.3) is 0 Å². The van der Waals surface area contributed by atoms with Crippen molar-refractivity contribution >= 4 is 11.6 Å². The van der Waals surface area contributed by atoms with Gasteiger partial charge in [-0.25, -0.2) is 0 Å². The van der Waals surface area contributed by atoms with E-state index in [2.05, 4.69) is 0 Å². The Morgan fingerprint density at radius 2 is 1.93 bits per heavy atom. The summed E-state index contributed by atoms with van der Waals surface area (Å²) in [7, 11) is 1.30. The minimum Gasteiger partial charge on any atom is -0.507 e. The fourth-order valence-corrected chi connectivity index (χ4v) is 4.16. The molecule has 1 aromatic rings. The zero-order valence-corrected chi connectivity index (χ0v) is 17.4. The van der Waals surface area contributed by atoms with E-state index < -0.39 is 29.2 Å². The normalized spacial score (nSPS) is 23.6. The predicted octanol–water partition coefficient (Wildman–Crippen LogP) is 1.39. The summed E-state index contributed by atoms with van der Waals surface area (Å²) in [5, 5.41) is 40.2. The largest absolute Gasteiger partial charge is 0.507 e. The summed E-state index contributed by atoms with van der Waals surface area (Å²) >= 11 is 0. The number of aromatic hydroxyl groups is 1. The molecule has 1 aliphatic heterocycles. The number of ketones is 2. The maximum absolute atomic E-state index is 13.0. The molecule has 0 fully saturated rings. The first-order valence-electron chi connectivity index (χ1n) is 9.62. The number of benzene rings is 1. The van der Waals surface area contributed by atoms with Crippen molar-refractivity contribution in [3.05, 3.63) is 45.7 Å². The first kappa shape index (κ1) is 22.0. The average Bonchev–Trinajstić information content (AvgIpc) is 2.99. The number of hydrogen-bond donors (Lipinski definition) is 4. The fraction of sp³-hybridized carbons (Fsp3) is 0.455. The number of carbonyl (C=O) groups excluding carboxylic acids is 2. The van der Waals surface area contributed by atoms with E-state index in [1.54, 1.807) is 13.8 Å². The highest BCUT2D eigenvalue weighted by atomic mass is 16.5. The van der Waals surface area contributed by atoms with Crippen molar-refractivity contribution < 1.29 is 39.5 Å². The van der Waals surface area contributed by atoms with Crippen LogP contribution in [0.25, 0.3) is 0 Å². The van der Waals surface area contributed by atoms with Gasteiger partial charge >= 0.3 is 0 Å². The topological polar surface area (TPSA) is 134 Å². The Balaban J connectivity index is 2.15. The molecule has 3 atom stereocenters. The van der Waals surface area contributed by atoms with Gasteiger partial charge in [0, 0.05) is 16.7 Å². The smallest absolute Gasteiger partial charge is 0.228 e. The van der Waals surface area contributed by atoms with Crippen LogP contribution in [0.1, 0.15) is 53.5 Å². The minimum atomic E-state index is -1.11. The average molecular weight is 418 g/mol. The lowest BCUT2D eigenvalue weighted by atomic mass is 9.71. The second-order valence-corrected chi connectivity index (χ2v) is 7.81. The number of fused-ring (bicyclic) bond motifs is 3. The van der Waals surface area contributed by atoms with Crippen molar-refractivity contribution in [2.75, 3.05) is 20.3 Å². The van der Waals surface area contributed by atoms with E-state index in [0.717, 1.165) is 0 Å². The number of ether oxygens (including phenoxy) is 2. The van der Waals surface area contributed by atoms with Crippen LogP contribution in [0.2, 0.25) is 0 Å². The van der Waals surface area contributed by atoms with Crippen molar-refractivity contribution in [3.63, 3.8) is 0 Å². The molecule has 0 saturated carbocycles. The zero-order chi connectivity index (χ0) is 22.4. The molecular formula is C22H26O8. The first-order valence-corrected chi connectivity index (χ1v) is 9.62. The molecule has 1 aromatic carbocycles. The highest BCUT2D eigenvalue weighted by Gasteiger charge is 2.52. The zero-order valence-electron chi connectivity index (χ0n) is 17.4. The number of aliphatic hydroxyl groups is 3. The molecule has 8 nitrogen and oxygen atoms in total. The van der Waals surface area contributed by atoms with Crippen LogP contribution in [0, 0.1) is 0 Å². The Morgan fingerprint density at radius 3 is 2.50 bits per heavy atom. The number of Topliss-reactive ketones (excluding diaryl/α,β-unsaturated/α-hetero) is 2. The van der Waals surface area contributed by atoms with Crippen molar-refractivity contribution in [3.8, 4) is 11.5 Å². The molecule has 162 valence electrons. The van der Waals surface area contributed by atoms with E-state index in [0.29, 0.717) is 5.57 Å². The van der Waals surface area contributed by atoms with Crippen LogP contribution in [0.5, 0.6) is 11.5 Å². The van der Waals surface area contributed by atoms with E-state index >= 15 is 0 Å². The molecule has 1 aliphatic carbocycles. The number of carbonyl (C=O) groups is 2. The quantitative estimate of drug-likeness (QED) is 0.510. The standard InChI is InChI=1S/C22H26O8/c1-10-18(27)16-13(19(28)20(10)29-4)7-14(25)17-21(16)30-11(2)22(17,3)15(26)6-5-12(8-23)9-24/h5,7,11,15,23-26H,6,8-9H2,1-4H3/t11-,15-,22-/m1/s1. The molecule has 3 rings (SSSR count). The van der Waals surface area contributed by atoms with Gasteiger partial charge in [0.1, 0.15) is 17.6 Å². The number of aliphatic hydroxyl groups excluding tert-OH is 3. The van der Waals surface area contributed by atoms with Crippen LogP contribution in [-0.4, -0.2) is 64.5 Å². The van der Waals surface area contributed by atoms with Gasteiger partial charge in [-0.05, 0) is 38.8 Å². The van der Waals surface area contributed by atoms with E-state index in [1.165, 1.54) is 26.2 Å². The first-order chi connectivity index (χ1) is 14.1. The van der Waals surface area contributed by atoms with Crippen LogP contribution in [0.4, 0.5) is 0 Å². The molecule has 0 saturated heterocycles. The molecule has 2 aliphatic rings. The van der Waals surface area contributed by atoms with Gasteiger partial charge in [0.2, 0.25) is 5.78 Å². The lowest BCUT2D eigenvalue weighted by molar-refractivity contribution is 0.0389. The molecule has 0 bridgehead atoms. The number of hydrogen-bond acceptors (Lipinski definition) is 8. The molecule has 0 amide bonds. The Bertz CT molecular complexity index is 968. The summed E-state index contributed by atoms with van der Waals surface area (Å²) in [6.45, 7) is 4.21. The molecule has 4 N–H and O–H groups in total. The monoisotopic (exact) mass is 418 g/mol. The number of allylic oxidation sites excluding steroid dienone is 2. The Labute approximate surface area is 174 Å². The summed E-state index contributed by atoms with van der Waals surface area (Å²) in [5.74, 6) is -1.22. The Kier molecular flexibility index (Phi) is 5.77. The minimum absolute atomic E-state index is 0.00705. The van der Waals surface area contributed by atoms with Gasteiger partial charge in [-0.1, -0.05) is 6.08 Å². The van der Waals surface area contributed by atoms with Gasteiger partial charge < -0.3 is 29.9 Å². The number of phenolic OH excluding ortho intramolecular Hbond substituents is 1. The third-order valence-corrected chi connectivity index (χ3v) is 6.23. The molecule has 8 heteroatoms. The maximum atomic E-state index is 13.0. The molecule has 0 aromatic heterocycles. The van der Waals surface area contributed by atoms with Crippen LogP contribution in [0.3, 0.4) is 0 Å². The van der Waals surface area contributed by atoms with Gasteiger partial charge in [-0.2, -0.15) is 0 Å². The van der Waals surface area contributed by atoms with Crippen molar-refractivity contribution in [2.45, 2.75) is 44.8 Å². The molecule has 1 heterocycles. The van der Waals surface area contributed by atoms with E-state index in [9.17, 15) is 30.0 Å². The van der Waals surface area contributed by atoms with Crippen LogP contribution >= 0.6 is 0 Å². The summed E-state index contributed by atoms with van der Waals surface area (Å²) in [6, 6.07) is 1.22. The highest BCUT2D eigenvalue weighted by molar-refractivity contribution is 6.27. The summed E-state index contributed by atoms with van der Waals surface area (Å²) < 4.78 is 11.0. The van der Waals surface area contributed by atoms with Crippen LogP contribution in [0.15, 0.2) is 29.0 Å². The number of methoxy groups -OCH3 is 1. The Hall–Kier alpha value is -2.68. The predicted molar refractivity (Wildman–Crippen MR) is 107 cm³/mol. The lowest BCUT2D eigenvalue weighted by Crippen LogP contribution is -2.44. The molecular weight excluding hydrogens is 392 g/mol. The second kappa shape index (κ2) is 7.86. The molecule has 0 radical (unpaired) electrons. The third kappa shape index (κ3) is 3.03. The van der Waals surface area contributed by atoms with Gasteiger partial charge in [-0.15, -0.1) is 0 Å². The van der Waals surface area contributed by atoms with Crippen molar-refractivity contribution in [1.82, 2.24) is 0 Å². The lowest BCUT2D eigenvalue weighted by Gasteiger charge is -2.33. The summed E-state index contributed by atoms with van der Waals surface area (Å²) in [4.78, 5) is 25.8. The number of phenols is 1. The summed E-state index contributed by atoms with van der Waals surface area (Å²) in [6.07, 6.45) is -0.0824. The maximum Gasteiger partial charge on any atom is 0.228 e. The fourth-order valence-electron chi connectivity index (χ4n) is 4.16. The van der Waals surface area contributed by atoms with E-state index in [1.807, 2.05) is 0 Å². The molecule has 0 spiro atoms. The van der Waals surface area contributed by atoms with E-state index in [4.69, 9.17) is 9.47 Å². The number of rotatable bonds is 6. The molecule has 0 unspecified atom stereocenters. The van der Waals surface area contributed by atoms with Crippen molar-refractivity contribution in [1.29, 1.82) is 0 Å². The summed E-state index contributed by atoms with van der Waals surface area (Å²) in [5.41, 5.74) is -0.314. The Morgan fingerprint density at radius 1 is 1.30 bits per heavy atom. The van der Waals surface area contributed by atoms with E-state index in [-0.39, 0.29) is 59.2 Å². The van der Waals surface area contributed by atoms with Crippen LogP contribution in [-0.2, 0) is 10.2 Å². The second-order valence-electron chi connectivity index (χ2n) is 7.81. The molecule has 30 heavy (non-hydrogen) atoms. The van der Waals surface area contributed by atoms with Gasteiger partial charge in [0.15, 0.2) is 11.5 Å². The SMILES string of the molecule is COC1=C(C)C(=O)c2c(cc(O)c3c2O[C@H](C)[C@]3(C)[C@H](O)CC=C(CO)CO)C1=O. The van der Waals surface area contributed by atoms with Gasteiger partial charge in [0.05, 0.1) is 37.4 Å². The van der Waals surface area contributed by atoms with Crippen molar-refractivity contribution in [2.24, 2.45) is 0 Å². The third-order valence-electron chi connectivity index (χ3n) is 6.23.